The third-order valence-electron chi connectivity index (χ3n) is 2.71. The molecule has 3 nitrogen and oxygen atoms in total. The monoisotopic (exact) mass is 251 g/mol. The van der Waals surface area contributed by atoms with Gasteiger partial charge in [0, 0.05) is 12.1 Å². The van der Waals surface area contributed by atoms with E-state index in [4.69, 9.17) is 0 Å². The van der Waals surface area contributed by atoms with Crippen LogP contribution in [-0.4, -0.2) is 16.8 Å². The molecular weight excluding hydrogens is 236 g/mol. The van der Waals surface area contributed by atoms with Crippen molar-refractivity contribution in [2.75, 3.05) is 7.05 Å². The van der Waals surface area contributed by atoms with Crippen LogP contribution in [0.5, 0.6) is 0 Å². The van der Waals surface area contributed by atoms with Gasteiger partial charge in [-0.3, -0.25) is 0 Å². The van der Waals surface area contributed by atoms with Crippen LogP contribution in [0.3, 0.4) is 0 Å². The van der Waals surface area contributed by atoms with Gasteiger partial charge >= 0.3 is 0 Å². The Bertz CT molecular complexity index is 535. The van der Waals surface area contributed by atoms with Crippen LogP contribution < -0.4 is 5.32 Å². The Kier molecular flexibility index (Phi) is 3.72. The molecule has 5 heteroatoms. The Morgan fingerprint density at radius 3 is 2.78 bits per heavy atom. The number of aromatic nitrogens is 2. The topological polar surface area (TPSA) is 29.9 Å². The van der Waals surface area contributed by atoms with Gasteiger partial charge in [0.1, 0.15) is 5.69 Å². The van der Waals surface area contributed by atoms with E-state index in [1.807, 2.05) is 25.1 Å². The number of aryl methyl sites for hydroxylation is 1. The van der Waals surface area contributed by atoms with E-state index in [9.17, 15) is 8.78 Å². The molecular formula is C13H15F2N3. The predicted molar refractivity (Wildman–Crippen MR) is 66.0 cm³/mol. The normalized spacial score (nSPS) is 11.2. The largest absolute Gasteiger partial charge is 0.316 e. The molecule has 0 bridgehead atoms. The van der Waals surface area contributed by atoms with E-state index in [0.717, 1.165) is 5.56 Å². The molecule has 0 fully saturated rings. The van der Waals surface area contributed by atoms with Crippen LogP contribution in [0, 0.1) is 6.92 Å². The fourth-order valence-corrected chi connectivity index (χ4v) is 1.92. The summed E-state index contributed by atoms with van der Waals surface area (Å²) < 4.78 is 27.6. The van der Waals surface area contributed by atoms with Crippen molar-refractivity contribution in [3.05, 3.63) is 47.3 Å². The van der Waals surface area contributed by atoms with Gasteiger partial charge in [-0.25, -0.2) is 13.5 Å². The first-order valence-corrected chi connectivity index (χ1v) is 5.70. The molecule has 96 valence electrons. The highest BCUT2D eigenvalue weighted by Gasteiger charge is 2.20. The Morgan fingerprint density at radius 1 is 1.39 bits per heavy atom. The minimum absolute atomic E-state index is 0.0463. The number of benzene rings is 1. The van der Waals surface area contributed by atoms with Crippen molar-refractivity contribution in [1.82, 2.24) is 15.1 Å². The van der Waals surface area contributed by atoms with Crippen LogP contribution in [0.25, 0.3) is 5.69 Å². The molecule has 0 saturated heterocycles. The Labute approximate surface area is 104 Å². The van der Waals surface area contributed by atoms with E-state index < -0.39 is 6.43 Å². The molecule has 0 radical (unpaired) electrons. The van der Waals surface area contributed by atoms with Crippen molar-refractivity contribution in [2.45, 2.75) is 19.9 Å². The maximum absolute atomic E-state index is 13.1. The van der Waals surface area contributed by atoms with Crippen LogP contribution in [-0.2, 0) is 6.54 Å². The van der Waals surface area contributed by atoms with E-state index in [-0.39, 0.29) is 5.69 Å². The summed E-state index contributed by atoms with van der Waals surface area (Å²) in [7, 11) is 1.72. The summed E-state index contributed by atoms with van der Waals surface area (Å²) in [6.07, 6.45) is -1.06. The van der Waals surface area contributed by atoms with Crippen molar-refractivity contribution in [2.24, 2.45) is 0 Å². The molecule has 0 aliphatic rings. The number of hydrogen-bond acceptors (Lipinski definition) is 2. The maximum atomic E-state index is 13.1. The first kappa shape index (κ1) is 12.7. The zero-order valence-corrected chi connectivity index (χ0v) is 10.3. The maximum Gasteiger partial charge on any atom is 0.280 e. The molecule has 1 N–H and O–H groups in total. The van der Waals surface area contributed by atoms with Gasteiger partial charge in [0.05, 0.1) is 11.9 Å². The molecule has 0 amide bonds. The number of nitrogens with zero attached hydrogens (tertiary/aromatic N) is 2. The highest BCUT2D eigenvalue weighted by molar-refractivity contribution is 5.38. The second-order valence-electron chi connectivity index (χ2n) is 4.14. The average molecular weight is 251 g/mol. The van der Waals surface area contributed by atoms with E-state index >= 15 is 0 Å². The van der Waals surface area contributed by atoms with Crippen LogP contribution >= 0.6 is 0 Å². The third-order valence-corrected chi connectivity index (χ3v) is 2.71. The second kappa shape index (κ2) is 5.27. The first-order chi connectivity index (χ1) is 8.63. The highest BCUT2D eigenvalue weighted by Crippen LogP contribution is 2.25. The van der Waals surface area contributed by atoms with Crippen molar-refractivity contribution < 1.29 is 8.78 Å². The van der Waals surface area contributed by atoms with Gasteiger partial charge in [0.25, 0.3) is 6.43 Å². The van der Waals surface area contributed by atoms with Gasteiger partial charge in [-0.15, -0.1) is 0 Å². The lowest BCUT2D eigenvalue weighted by atomic mass is 10.2. The molecule has 18 heavy (non-hydrogen) atoms. The van der Waals surface area contributed by atoms with E-state index in [1.54, 1.807) is 13.1 Å². The number of rotatable bonds is 4. The minimum atomic E-state index is -2.55. The standard InChI is InChI=1S/C13H15F2N3/c1-9-4-3-5-11(6-9)18-12(13(14)15)10(7-16-2)8-17-18/h3-6,8,13,16H,7H2,1-2H3. The molecule has 1 aromatic heterocycles. The van der Waals surface area contributed by atoms with Crippen molar-refractivity contribution in [3.8, 4) is 5.69 Å². The highest BCUT2D eigenvalue weighted by atomic mass is 19.3. The number of hydrogen-bond donors (Lipinski definition) is 1. The first-order valence-electron chi connectivity index (χ1n) is 5.70. The summed E-state index contributed by atoms with van der Waals surface area (Å²) in [5, 5.41) is 6.93. The zero-order chi connectivity index (χ0) is 13.1. The summed E-state index contributed by atoms with van der Waals surface area (Å²) in [5.74, 6) is 0. The Hall–Kier alpha value is -1.75. The molecule has 0 aliphatic heterocycles. The molecule has 1 heterocycles. The van der Waals surface area contributed by atoms with Crippen LogP contribution in [0.1, 0.15) is 23.2 Å². The minimum Gasteiger partial charge on any atom is -0.316 e. The molecule has 0 spiro atoms. The third kappa shape index (κ3) is 2.41. The van der Waals surface area contributed by atoms with Gasteiger partial charge < -0.3 is 5.32 Å². The molecule has 2 rings (SSSR count). The van der Waals surface area contributed by atoms with E-state index in [2.05, 4.69) is 10.4 Å². The van der Waals surface area contributed by atoms with Crippen molar-refractivity contribution in [1.29, 1.82) is 0 Å². The second-order valence-corrected chi connectivity index (χ2v) is 4.14. The molecule has 0 unspecified atom stereocenters. The summed E-state index contributed by atoms with van der Waals surface area (Å²) in [5.41, 5.74) is 2.15. The lowest BCUT2D eigenvalue weighted by Gasteiger charge is -2.09. The van der Waals surface area contributed by atoms with Crippen LogP contribution in [0.15, 0.2) is 30.5 Å². The Balaban J connectivity index is 2.50. The summed E-state index contributed by atoms with van der Waals surface area (Å²) >= 11 is 0. The fourth-order valence-electron chi connectivity index (χ4n) is 1.92. The quantitative estimate of drug-likeness (QED) is 0.905. The number of alkyl halides is 2. The van der Waals surface area contributed by atoms with Crippen LogP contribution in [0.4, 0.5) is 8.78 Å². The summed E-state index contributed by atoms with van der Waals surface area (Å²) in [6.45, 7) is 2.30. The molecule has 1 aromatic carbocycles. The smallest absolute Gasteiger partial charge is 0.280 e. The molecule has 2 aromatic rings. The SMILES string of the molecule is CNCc1cnn(-c2cccc(C)c2)c1C(F)F. The van der Waals surface area contributed by atoms with E-state index in [1.165, 1.54) is 10.9 Å². The summed E-state index contributed by atoms with van der Waals surface area (Å²) in [6, 6.07) is 7.36. The average Bonchev–Trinajstić information content (AvgIpc) is 2.73. The molecule has 0 atom stereocenters. The fraction of sp³-hybridized carbons (Fsp3) is 0.308. The van der Waals surface area contributed by atoms with Gasteiger partial charge in [-0.2, -0.15) is 5.10 Å². The van der Waals surface area contributed by atoms with Gasteiger partial charge in [0.2, 0.25) is 0 Å². The number of nitrogens with one attached hydrogen (secondary N) is 1. The van der Waals surface area contributed by atoms with E-state index in [0.29, 0.717) is 17.8 Å². The zero-order valence-electron chi connectivity index (χ0n) is 10.3. The van der Waals surface area contributed by atoms with Gasteiger partial charge in [-0.1, -0.05) is 12.1 Å². The van der Waals surface area contributed by atoms with Gasteiger partial charge in [0.15, 0.2) is 0 Å². The summed E-state index contributed by atoms with van der Waals surface area (Å²) in [4.78, 5) is 0. The van der Waals surface area contributed by atoms with Crippen molar-refractivity contribution >= 4 is 0 Å². The Morgan fingerprint density at radius 2 is 2.17 bits per heavy atom. The van der Waals surface area contributed by atoms with Crippen LogP contribution in [0.2, 0.25) is 0 Å². The molecule has 0 saturated carbocycles. The van der Waals surface area contributed by atoms with Gasteiger partial charge in [-0.05, 0) is 31.7 Å². The lowest BCUT2D eigenvalue weighted by Crippen LogP contribution is -2.09. The molecule has 0 aliphatic carbocycles. The van der Waals surface area contributed by atoms with Crippen molar-refractivity contribution in [3.63, 3.8) is 0 Å². The number of halogens is 2. The predicted octanol–water partition coefficient (Wildman–Crippen LogP) is 2.84. The lowest BCUT2D eigenvalue weighted by molar-refractivity contribution is 0.141.